The Labute approximate surface area is 149 Å². The van der Waals surface area contributed by atoms with Gasteiger partial charge in [-0.2, -0.15) is 0 Å². The van der Waals surface area contributed by atoms with E-state index in [1.165, 1.54) is 5.56 Å². The number of aromatic nitrogens is 2. The minimum absolute atomic E-state index is 0.237. The average molecular weight is 342 g/mol. The number of methoxy groups -OCH3 is 1. The summed E-state index contributed by atoms with van der Waals surface area (Å²) in [6.07, 6.45) is 0. The Bertz CT molecular complexity index is 744. The zero-order valence-corrected chi connectivity index (χ0v) is 15.5. The van der Waals surface area contributed by atoms with Gasteiger partial charge in [0.15, 0.2) is 0 Å². The number of hydrogen-bond donors (Lipinski definition) is 2. The van der Waals surface area contributed by atoms with Gasteiger partial charge in [-0.3, -0.25) is 4.79 Å². The van der Waals surface area contributed by atoms with Gasteiger partial charge in [0, 0.05) is 25.4 Å². The van der Waals surface area contributed by atoms with Gasteiger partial charge in [0.05, 0.1) is 6.61 Å². The topological polar surface area (TPSA) is 76.1 Å². The van der Waals surface area contributed by atoms with Gasteiger partial charge in [-0.1, -0.05) is 32.0 Å². The van der Waals surface area contributed by atoms with E-state index in [4.69, 9.17) is 4.74 Å². The highest BCUT2D eigenvalue weighted by Crippen LogP contribution is 2.29. The average Bonchev–Trinajstić information content (AvgIpc) is 2.56. The smallest absolute Gasteiger partial charge is 0.270 e. The van der Waals surface area contributed by atoms with Gasteiger partial charge in [0.2, 0.25) is 0 Å². The summed E-state index contributed by atoms with van der Waals surface area (Å²) < 4.78 is 4.94. The van der Waals surface area contributed by atoms with Crippen molar-refractivity contribution in [1.82, 2.24) is 15.3 Å². The van der Waals surface area contributed by atoms with Crippen LogP contribution in [-0.2, 0) is 4.74 Å². The van der Waals surface area contributed by atoms with Crippen LogP contribution >= 0.6 is 0 Å². The van der Waals surface area contributed by atoms with E-state index in [-0.39, 0.29) is 5.91 Å². The minimum atomic E-state index is -0.237. The van der Waals surface area contributed by atoms with Gasteiger partial charge in [-0.25, -0.2) is 9.97 Å². The molecule has 25 heavy (non-hydrogen) atoms. The Kier molecular flexibility index (Phi) is 6.47. The van der Waals surface area contributed by atoms with Crippen LogP contribution in [0.3, 0.4) is 0 Å². The van der Waals surface area contributed by atoms with Crippen LogP contribution in [0.25, 0.3) is 0 Å². The minimum Gasteiger partial charge on any atom is -0.383 e. The summed E-state index contributed by atoms with van der Waals surface area (Å²) in [6.45, 7) is 9.04. The molecule has 0 atom stereocenters. The Balaban J connectivity index is 2.28. The van der Waals surface area contributed by atoms with Crippen LogP contribution < -0.4 is 10.6 Å². The lowest BCUT2D eigenvalue weighted by Crippen LogP contribution is -2.28. The van der Waals surface area contributed by atoms with Crippen LogP contribution in [0.4, 0.5) is 11.5 Å². The summed E-state index contributed by atoms with van der Waals surface area (Å²) in [5.41, 5.74) is 3.71. The molecule has 134 valence electrons. The van der Waals surface area contributed by atoms with Crippen molar-refractivity contribution < 1.29 is 9.53 Å². The number of hydrogen-bond acceptors (Lipinski definition) is 5. The van der Waals surface area contributed by atoms with Crippen LogP contribution in [0.2, 0.25) is 0 Å². The van der Waals surface area contributed by atoms with Crippen molar-refractivity contribution in [2.45, 2.75) is 33.6 Å². The Morgan fingerprint density at radius 2 is 2.00 bits per heavy atom. The number of ether oxygens (including phenoxy) is 1. The summed E-state index contributed by atoms with van der Waals surface area (Å²) in [6, 6.07) is 7.88. The molecular weight excluding hydrogens is 316 g/mol. The highest BCUT2D eigenvalue weighted by atomic mass is 16.5. The zero-order chi connectivity index (χ0) is 18.4. The maximum absolute atomic E-state index is 12.2. The van der Waals surface area contributed by atoms with Gasteiger partial charge in [0.1, 0.15) is 17.3 Å². The lowest BCUT2D eigenvalue weighted by molar-refractivity contribution is 0.0932. The standard InChI is InChI=1S/C19H26N4O2/c1-12(2)15-8-6-7-13(3)18(15)23-17-11-16(21-14(4)22-17)19(24)20-9-10-25-5/h6-8,11-12H,9-10H2,1-5H3,(H,20,24)(H,21,22,23). The molecular formula is C19H26N4O2. The van der Waals surface area contributed by atoms with Crippen molar-refractivity contribution in [3.8, 4) is 0 Å². The first-order valence-corrected chi connectivity index (χ1v) is 8.41. The molecule has 6 heteroatoms. The van der Waals surface area contributed by atoms with E-state index in [9.17, 15) is 4.79 Å². The first kappa shape index (κ1) is 18.9. The second-order valence-electron chi connectivity index (χ2n) is 6.25. The van der Waals surface area contributed by atoms with Crippen molar-refractivity contribution >= 4 is 17.4 Å². The first-order chi connectivity index (χ1) is 11.9. The van der Waals surface area contributed by atoms with Crippen LogP contribution in [0.5, 0.6) is 0 Å². The van der Waals surface area contributed by atoms with Gasteiger partial charge in [-0.15, -0.1) is 0 Å². The zero-order valence-electron chi connectivity index (χ0n) is 15.5. The highest BCUT2D eigenvalue weighted by molar-refractivity contribution is 5.93. The highest BCUT2D eigenvalue weighted by Gasteiger charge is 2.13. The van der Waals surface area contributed by atoms with E-state index in [1.807, 2.05) is 0 Å². The predicted octanol–water partition coefficient (Wildman–Crippen LogP) is 3.34. The fourth-order valence-corrected chi connectivity index (χ4v) is 2.58. The molecule has 1 aromatic carbocycles. The summed E-state index contributed by atoms with van der Waals surface area (Å²) in [5.74, 6) is 1.30. The van der Waals surface area contributed by atoms with Crippen molar-refractivity contribution in [1.29, 1.82) is 0 Å². The molecule has 0 aliphatic carbocycles. The molecule has 1 amide bonds. The number of nitrogens with one attached hydrogen (secondary N) is 2. The van der Waals surface area contributed by atoms with E-state index in [0.717, 1.165) is 11.3 Å². The lowest BCUT2D eigenvalue weighted by Gasteiger charge is -2.17. The SMILES string of the molecule is COCCNC(=O)c1cc(Nc2c(C)cccc2C(C)C)nc(C)n1. The number of para-hydroxylation sites is 1. The molecule has 0 bridgehead atoms. The predicted molar refractivity (Wildman–Crippen MR) is 99.5 cm³/mol. The first-order valence-electron chi connectivity index (χ1n) is 8.41. The van der Waals surface area contributed by atoms with Crippen molar-refractivity contribution in [2.75, 3.05) is 25.6 Å². The van der Waals surface area contributed by atoms with Crippen LogP contribution in [0.15, 0.2) is 24.3 Å². The number of carbonyl (C=O) groups is 1. The second kappa shape index (κ2) is 8.58. The Morgan fingerprint density at radius 3 is 2.68 bits per heavy atom. The second-order valence-corrected chi connectivity index (χ2v) is 6.25. The van der Waals surface area contributed by atoms with E-state index in [0.29, 0.717) is 36.4 Å². The van der Waals surface area contributed by atoms with Gasteiger partial charge in [-0.05, 0) is 30.9 Å². The Morgan fingerprint density at radius 1 is 1.24 bits per heavy atom. The molecule has 0 saturated carbocycles. The third kappa shape index (κ3) is 5.00. The molecule has 2 N–H and O–H groups in total. The largest absolute Gasteiger partial charge is 0.383 e. The third-order valence-corrected chi connectivity index (χ3v) is 3.84. The molecule has 1 aromatic heterocycles. The molecule has 2 rings (SSSR count). The van der Waals surface area contributed by atoms with Crippen molar-refractivity contribution in [3.05, 3.63) is 46.9 Å². The normalized spacial score (nSPS) is 10.8. The number of nitrogens with zero attached hydrogens (tertiary/aromatic N) is 2. The fourth-order valence-electron chi connectivity index (χ4n) is 2.58. The molecule has 0 saturated heterocycles. The molecule has 0 radical (unpaired) electrons. The quantitative estimate of drug-likeness (QED) is 0.755. The molecule has 6 nitrogen and oxygen atoms in total. The Hall–Kier alpha value is -2.47. The maximum Gasteiger partial charge on any atom is 0.270 e. The number of carbonyl (C=O) groups excluding carboxylic acids is 1. The van der Waals surface area contributed by atoms with Gasteiger partial charge >= 0.3 is 0 Å². The van der Waals surface area contributed by atoms with E-state index in [1.54, 1.807) is 20.1 Å². The molecule has 0 spiro atoms. The summed E-state index contributed by atoms with van der Waals surface area (Å²) in [7, 11) is 1.59. The van der Waals surface area contributed by atoms with E-state index in [2.05, 4.69) is 59.6 Å². The van der Waals surface area contributed by atoms with Crippen molar-refractivity contribution in [3.63, 3.8) is 0 Å². The maximum atomic E-state index is 12.2. The molecule has 0 aliphatic rings. The summed E-state index contributed by atoms with van der Waals surface area (Å²) in [5, 5.41) is 6.15. The van der Waals surface area contributed by atoms with Crippen LogP contribution in [-0.4, -0.2) is 36.1 Å². The lowest BCUT2D eigenvalue weighted by atomic mass is 9.98. The number of aryl methyl sites for hydroxylation is 2. The van der Waals surface area contributed by atoms with Gasteiger partial charge < -0.3 is 15.4 Å². The summed E-state index contributed by atoms with van der Waals surface area (Å²) in [4.78, 5) is 20.9. The molecule has 1 heterocycles. The number of amides is 1. The van der Waals surface area contributed by atoms with E-state index >= 15 is 0 Å². The molecule has 0 fully saturated rings. The van der Waals surface area contributed by atoms with Crippen LogP contribution in [0.1, 0.15) is 47.2 Å². The van der Waals surface area contributed by atoms with Gasteiger partial charge in [0.25, 0.3) is 5.91 Å². The number of benzene rings is 1. The van der Waals surface area contributed by atoms with Crippen LogP contribution in [0, 0.1) is 13.8 Å². The monoisotopic (exact) mass is 342 g/mol. The molecule has 2 aromatic rings. The fraction of sp³-hybridized carbons (Fsp3) is 0.421. The summed E-state index contributed by atoms with van der Waals surface area (Å²) >= 11 is 0. The molecule has 0 unspecified atom stereocenters. The third-order valence-electron chi connectivity index (χ3n) is 3.84. The molecule has 0 aliphatic heterocycles. The number of anilines is 2. The van der Waals surface area contributed by atoms with E-state index < -0.39 is 0 Å². The van der Waals surface area contributed by atoms with Crippen molar-refractivity contribution in [2.24, 2.45) is 0 Å². The number of rotatable bonds is 7.